The minimum atomic E-state index is -0.114. The van der Waals surface area contributed by atoms with Gasteiger partial charge in [-0.25, -0.2) is 14.5 Å². The normalized spacial score (nSPS) is 15.6. The van der Waals surface area contributed by atoms with E-state index in [4.69, 9.17) is 11.6 Å². The van der Waals surface area contributed by atoms with Gasteiger partial charge in [-0.05, 0) is 51.4 Å². The van der Waals surface area contributed by atoms with Crippen molar-refractivity contribution in [1.29, 1.82) is 0 Å². The van der Waals surface area contributed by atoms with Crippen LogP contribution in [0.1, 0.15) is 67.1 Å². The van der Waals surface area contributed by atoms with E-state index < -0.39 is 0 Å². The van der Waals surface area contributed by atoms with Crippen LogP contribution in [0.5, 0.6) is 0 Å². The largest absolute Gasteiger partial charge is 0.333 e. The van der Waals surface area contributed by atoms with Crippen molar-refractivity contribution < 1.29 is 9.59 Å². The van der Waals surface area contributed by atoms with Crippen molar-refractivity contribution in [3.05, 3.63) is 64.5 Å². The Hall–Kier alpha value is -3.63. The molecule has 4 aromatic rings. The Bertz CT molecular complexity index is 1480. The number of carbonyl (C=O) groups excluding carboxylic acids is 2. The molecule has 0 aliphatic carbocycles. The van der Waals surface area contributed by atoms with Gasteiger partial charge in [-0.3, -0.25) is 19.6 Å². The summed E-state index contributed by atoms with van der Waals surface area (Å²) in [5.41, 5.74) is 3.82. The first-order valence-corrected chi connectivity index (χ1v) is 13.2. The third-order valence-corrected chi connectivity index (χ3v) is 7.16. The topological polar surface area (TPSA) is 112 Å². The van der Waals surface area contributed by atoms with Crippen molar-refractivity contribution in [2.24, 2.45) is 0 Å². The van der Waals surface area contributed by atoms with Crippen molar-refractivity contribution in [1.82, 2.24) is 39.6 Å². The number of nitrogens with zero attached hydrogens (tertiary/aromatic N) is 7. The molecule has 10 nitrogen and oxygen atoms in total. The van der Waals surface area contributed by atoms with E-state index in [0.717, 1.165) is 36.2 Å². The number of fused-ring (bicyclic) bond motifs is 1. The first-order chi connectivity index (χ1) is 18.3. The van der Waals surface area contributed by atoms with E-state index in [1.807, 2.05) is 35.2 Å². The quantitative estimate of drug-likeness (QED) is 0.375. The zero-order valence-corrected chi connectivity index (χ0v) is 24.2. The standard InChI is InChI=1S/C17H16ClN3O.C11H19N5O/c1-17(2,3)14-8-15(11-4-6-12(18)7-5-11)20-21-9-13(10-22)19-16(14)21;1-8-12-9(14-13-8)10(17)16-6-5-15(4)11(2,3)7-16/h4-10H,1-3H3;5-7H2,1-4H3,(H,12,13,14). The average molecular weight is 551 g/mol. The Kier molecular flexibility index (Phi) is 7.90. The Morgan fingerprint density at radius 2 is 1.82 bits per heavy atom. The number of aryl methyl sites for hydroxylation is 1. The number of hydrogen-bond acceptors (Lipinski definition) is 7. The van der Waals surface area contributed by atoms with Gasteiger partial charge in [0.15, 0.2) is 11.9 Å². The summed E-state index contributed by atoms with van der Waals surface area (Å²) in [7, 11) is 2.08. The molecular weight excluding hydrogens is 516 g/mol. The van der Waals surface area contributed by atoms with Gasteiger partial charge in [0, 0.05) is 41.3 Å². The number of hydrogen-bond donors (Lipinski definition) is 1. The summed E-state index contributed by atoms with van der Waals surface area (Å²) in [4.78, 5) is 35.7. The summed E-state index contributed by atoms with van der Waals surface area (Å²) in [6.45, 7) is 14.7. The van der Waals surface area contributed by atoms with E-state index in [0.29, 0.717) is 28.7 Å². The summed E-state index contributed by atoms with van der Waals surface area (Å²) in [6, 6.07) is 9.57. The maximum absolute atomic E-state index is 12.2. The molecule has 1 aromatic carbocycles. The van der Waals surface area contributed by atoms with Crippen molar-refractivity contribution >= 4 is 29.4 Å². The van der Waals surface area contributed by atoms with E-state index in [-0.39, 0.29) is 22.7 Å². The molecule has 206 valence electrons. The maximum atomic E-state index is 12.2. The van der Waals surface area contributed by atoms with Gasteiger partial charge in [-0.15, -0.1) is 5.10 Å². The van der Waals surface area contributed by atoms with Crippen LogP contribution in [0.25, 0.3) is 16.9 Å². The number of imidazole rings is 1. The molecule has 3 aromatic heterocycles. The molecule has 1 aliphatic heterocycles. The van der Waals surface area contributed by atoms with Crippen LogP contribution in [0.4, 0.5) is 0 Å². The molecule has 0 spiro atoms. The number of rotatable bonds is 3. The van der Waals surface area contributed by atoms with Crippen LogP contribution in [0, 0.1) is 6.92 Å². The van der Waals surface area contributed by atoms with Crippen LogP contribution in [0.3, 0.4) is 0 Å². The monoisotopic (exact) mass is 550 g/mol. The summed E-state index contributed by atoms with van der Waals surface area (Å²) in [6.07, 6.45) is 2.39. The first-order valence-electron chi connectivity index (χ1n) is 12.8. The molecule has 0 unspecified atom stereocenters. The first kappa shape index (κ1) is 28.4. The highest BCUT2D eigenvalue weighted by atomic mass is 35.5. The van der Waals surface area contributed by atoms with E-state index in [1.165, 1.54) is 0 Å². The average Bonchev–Trinajstić information content (AvgIpc) is 3.50. The number of amides is 1. The smallest absolute Gasteiger partial charge is 0.293 e. The van der Waals surface area contributed by atoms with Gasteiger partial charge in [0.05, 0.1) is 11.9 Å². The molecule has 11 heteroatoms. The van der Waals surface area contributed by atoms with Gasteiger partial charge >= 0.3 is 0 Å². The van der Waals surface area contributed by atoms with Gasteiger partial charge in [-0.1, -0.05) is 44.5 Å². The van der Waals surface area contributed by atoms with E-state index in [2.05, 4.69) is 71.8 Å². The van der Waals surface area contributed by atoms with Gasteiger partial charge in [0.1, 0.15) is 11.5 Å². The van der Waals surface area contributed by atoms with Crippen molar-refractivity contribution in [2.75, 3.05) is 26.7 Å². The van der Waals surface area contributed by atoms with Crippen LogP contribution < -0.4 is 0 Å². The van der Waals surface area contributed by atoms with E-state index >= 15 is 0 Å². The number of aldehydes is 1. The molecule has 4 heterocycles. The Labute approximate surface area is 233 Å². The number of nitrogens with one attached hydrogen (secondary N) is 1. The molecule has 5 rings (SSSR count). The lowest BCUT2D eigenvalue weighted by atomic mass is 9.87. The lowest BCUT2D eigenvalue weighted by Crippen LogP contribution is -2.59. The van der Waals surface area contributed by atoms with Crippen LogP contribution in [-0.2, 0) is 5.41 Å². The predicted molar refractivity (Wildman–Crippen MR) is 151 cm³/mol. The van der Waals surface area contributed by atoms with Gasteiger partial charge < -0.3 is 4.90 Å². The molecule has 1 fully saturated rings. The maximum Gasteiger partial charge on any atom is 0.293 e. The van der Waals surface area contributed by atoms with Gasteiger partial charge in [0.25, 0.3) is 5.91 Å². The zero-order chi connectivity index (χ0) is 28.5. The van der Waals surface area contributed by atoms with Crippen LogP contribution in [0.2, 0.25) is 5.02 Å². The number of piperazine rings is 1. The number of benzene rings is 1. The minimum absolute atomic E-state index is 0.000732. The molecule has 39 heavy (non-hydrogen) atoms. The molecule has 0 radical (unpaired) electrons. The van der Waals surface area contributed by atoms with Crippen LogP contribution >= 0.6 is 11.6 Å². The summed E-state index contributed by atoms with van der Waals surface area (Å²) >= 11 is 5.95. The Morgan fingerprint density at radius 1 is 1.13 bits per heavy atom. The third-order valence-electron chi connectivity index (χ3n) is 6.90. The molecule has 1 saturated heterocycles. The number of likely N-dealkylation sites (N-methyl/N-ethyl adjacent to an activating group) is 1. The lowest BCUT2D eigenvalue weighted by molar-refractivity contribution is 0.0303. The Morgan fingerprint density at radius 3 is 2.38 bits per heavy atom. The molecule has 0 atom stereocenters. The Balaban J connectivity index is 0.000000187. The fraction of sp³-hybridized carbons (Fsp3) is 0.429. The minimum Gasteiger partial charge on any atom is -0.333 e. The van der Waals surface area contributed by atoms with Gasteiger partial charge in [0.2, 0.25) is 5.82 Å². The SMILES string of the molecule is CC(C)(C)c1cc(-c2ccc(Cl)cc2)nn2cc(C=O)nc12.Cc1nc(C(=O)N2CCN(C)C(C)(C)C2)n[nH]1. The molecule has 1 amide bonds. The fourth-order valence-electron chi connectivity index (χ4n) is 4.36. The second kappa shape index (κ2) is 10.9. The highest BCUT2D eigenvalue weighted by Gasteiger charge is 2.34. The number of aromatic nitrogens is 6. The molecule has 1 N–H and O–H groups in total. The number of halogens is 1. The van der Waals surface area contributed by atoms with Gasteiger partial charge in [-0.2, -0.15) is 5.10 Å². The van der Waals surface area contributed by atoms with E-state index in [9.17, 15) is 9.59 Å². The summed E-state index contributed by atoms with van der Waals surface area (Å²) in [5.74, 6) is 0.847. The molecule has 0 bridgehead atoms. The summed E-state index contributed by atoms with van der Waals surface area (Å²) < 4.78 is 1.67. The number of aromatic amines is 1. The van der Waals surface area contributed by atoms with Crippen LogP contribution in [0.15, 0.2) is 36.5 Å². The third kappa shape index (κ3) is 6.34. The van der Waals surface area contributed by atoms with Crippen molar-refractivity contribution in [3.63, 3.8) is 0 Å². The number of H-pyrrole nitrogens is 1. The molecule has 0 saturated carbocycles. The highest BCUT2D eigenvalue weighted by Crippen LogP contribution is 2.30. The predicted octanol–water partition coefficient (Wildman–Crippen LogP) is 4.44. The van der Waals surface area contributed by atoms with E-state index in [1.54, 1.807) is 17.6 Å². The van der Waals surface area contributed by atoms with Crippen molar-refractivity contribution in [2.45, 2.75) is 52.5 Å². The molecule has 1 aliphatic rings. The highest BCUT2D eigenvalue weighted by molar-refractivity contribution is 6.30. The lowest BCUT2D eigenvalue weighted by Gasteiger charge is -2.44. The van der Waals surface area contributed by atoms with Crippen molar-refractivity contribution in [3.8, 4) is 11.3 Å². The number of carbonyl (C=O) groups is 2. The second-order valence-electron chi connectivity index (χ2n) is 11.5. The molecular formula is C28H35ClN8O2. The summed E-state index contributed by atoms with van der Waals surface area (Å²) in [5, 5.41) is 11.9. The fourth-order valence-corrected chi connectivity index (χ4v) is 4.48. The zero-order valence-electron chi connectivity index (χ0n) is 23.5. The van der Waals surface area contributed by atoms with Crippen LogP contribution in [-0.4, -0.2) is 84.0 Å². The second-order valence-corrected chi connectivity index (χ2v) is 11.9.